The van der Waals surface area contributed by atoms with E-state index in [4.69, 9.17) is 14.5 Å². The third kappa shape index (κ3) is 4.26. The Labute approximate surface area is 189 Å². The molecule has 3 heterocycles. The summed E-state index contributed by atoms with van der Waals surface area (Å²) in [6, 6.07) is 12.0. The lowest BCUT2D eigenvalue weighted by atomic mass is 9.79. The summed E-state index contributed by atoms with van der Waals surface area (Å²) in [5.74, 6) is 1.52. The molecule has 0 amide bonds. The van der Waals surface area contributed by atoms with Crippen molar-refractivity contribution in [2.45, 2.75) is 64.6 Å². The number of nitrogens with zero attached hydrogens (tertiary/aromatic N) is 4. The van der Waals surface area contributed by atoms with Gasteiger partial charge in [-0.05, 0) is 77.3 Å². The highest BCUT2D eigenvalue weighted by Crippen LogP contribution is 2.44. The maximum absolute atomic E-state index is 9.56. The van der Waals surface area contributed by atoms with Crippen LogP contribution in [0, 0.1) is 18.3 Å². The van der Waals surface area contributed by atoms with Crippen LogP contribution in [0.2, 0.25) is 0 Å². The number of rotatable bonds is 4. The van der Waals surface area contributed by atoms with Gasteiger partial charge in [-0.15, -0.1) is 0 Å². The zero-order valence-electron chi connectivity index (χ0n) is 19.6. The molecule has 0 radical (unpaired) electrons. The Kier molecular flexibility index (Phi) is 5.56. The largest absolute Gasteiger partial charge is 0.480 e. The molecule has 1 fully saturated rings. The summed E-state index contributed by atoms with van der Waals surface area (Å²) < 4.78 is 13.9. The highest BCUT2D eigenvalue weighted by molar-refractivity contribution is 5.65. The van der Waals surface area contributed by atoms with Gasteiger partial charge in [-0.1, -0.05) is 6.07 Å². The normalized spacial score (nSPS) is 17.7. The predicted molar refractivity (Wildman–Crippen MR) is 124 cm³/mol. The summed E-state index contributed by atoms with van der Waals surface area (Å²) in [5, 5.41) is 9.56. The third-order valence-corrected chi connectivity index (χ3v) is 6.00. The second kappa shape index (κ2) is 8.07. The van der Waals surface area contributed by atoms with E-state index in [9.17, 15) is 5.26 Å². The molecular weight excluding hydrogens is 400 g/mol. The molecule has 0 saturated carbocycles. The number of imidazole rings is 1. The zero-order chi connectivity index (χ0) is 23.1. The molecule has 0 bridgehead atoms. The monoisotopic (exact) mass is 430 g/mol. The Morgan fingerprint density at radius 3 is 2.53 bits per heavy atom. The maximum atomic E-state index is 9.56. The van der Waals surface area contributed by atoms with Crippen molar-refractivity contribution in [1.82, 2.24) is 14.5 Å². The lowest BCUT2D eigenvalue weighted by molar-refractivity contribution is -0.162. The number of methoxy groups -OCH3 is 1. The smallest absolute Gasteiger partial charge is 0.224 e. The number of pyridine rings is 1. The lowest BCUT2D eigenvalue weighted by Crippen LogP contribution is -2.44. The number of aromatic nitrogens is 3. The van der Waals surface area contributed by atoms with Crippen molar-refractivity contribution in [3.63, 3.8) is 0 Å². The molecule has 1 aromatic carbocycles. The fraction of sp³-hybridized carbons (Fsp3) is 0.423. The fourth-order valence-corrected chi connectivity index (χ4v) is 4.89. The van der Waals surface area contributed by atoms with Crippen LogP contribution >= 0.6 is 0 Å². The van der Waals surface area contributed by atoms with Crippen molar-refractivity contribution < 1.29 is 9.47 Å². The molecule has 166 valence electrons. The van der Waals surface area contributed by atoms with Crippen LogP contribution in [0.4, 0.5) is 0 Å². The fourth-order valence-electron chi connectivity index (χ4n) is 4.89. The summed E-state index contributed by atoms with van der Waals surface area (Å²) in [5.41, 5.74) is 3.83. The Morgan fingerprint density at radius 1 is 1.16 bits per heavy atom. The first-order valence-electron chi connectivity index (χ1n) is 10.9. The molecule has 0 N–H and O–H groups in total. The predicted octanol–water partition coefficient (Wildman–Crippen LogP) is 5.57. The molecule has 0 unspecified atom stereocenters. The van der Waals surface area contributed by atoms with Crippen molar-refractivity contribution in [3.05, 3.63) is 59.5 Å². The minimum absolute atomic E-state index is 0.236. The quantitative estimate of drug-likeness (QED) is 0.541. The van der Waals surface area contributed by atoms with E-state index in [2.05, 4.69) is 44.9 Å². The van der Waals surface area contributed by atoms with Crippen LogP contribution in [-0.4, -0.2) is 32.8 Å². The topological polar surface area (TPSA) is 73.0 Å². The van der Waals surface area contributed by atoms with E-state index < -0.39 is 0 Å². The van der Waals surface area contributed by atoms with Gasteiger partial charge < -0.3 is 9.47 Å². The summed E-state index contributed by atoms with van der Waals surface area (Å²) >= 11 is 0. The number of hydrogen-bond donors (Lipinski definition) is 0. The summed E-state index contributed by atoms with van der Waals surface area (Å²) in [4.78, 5) is 9.48. The van der Waals surface area contributed by atoms with Gasteiger partial charge in [-0.2, -0.15) is 5.26 Å². The number of aryl methyl sites for hydroxylation is 1. The van der Waals surface area contributed by atoms with E-state index in [1.165, 1.54) is 0 Å². The molecule has 0 atom stereocenters. The average Bonchev–Trinajstić information content (AvgIpc) is 3.17. The van der Waals surface area contributed by atoms with Gasteiger partial charge in [0.1, 0.15) is 5.82 Å². The van der Waals surface area contributed by atoms with Crippen LogP contribution in [0.15, 0.2) is 42.7 Å². The Hall–Kier alpha value is -3.17. The van der Waals surface area contributed by atoms with Gasteiger partial charge in [0.2, 0.25) is 5.88 Å². The molecule has 0 aliphatic carbocycles. The number of benzene rings is 1. The van der Waals surface area contributed by atoms with E-state index in [0.29, 0.717) is 11.4 Å². The minimum atomic E-state index is -0.236. The second-order valence-electron chi connectivity index (χ2n) is 9.76. The molecule has 0 spiro atoms. The first kappa shape index (κ1) is 22.0. The van der Waals surface area contributed by atoms with Crippen LogP contribution in [-0.2, 0) is 4.74 Å². The summed E-state index contributed by atoms with van der Waals surface area (Å²) in [7, 11) is 1.61. The second-order valence-corrected chi connectivity index (χ2v) is 9.76. The molecule has 2 aromatic heterocycles. The maximum Gasteiger partial charge on any atom is 0.224 e. The van der Waals surface area contributed by atoms with Gasteiger partial charge in [0, 0.05) is 24.0 Å². The molecule has 1 aliphatic rings. The molecule has 1 saturated heterocycles. The molecule has 1 aliphatic heterocycles. The van der Waals surface area contributed by atoms with Crippen molar-refractivity contribution in [1.29, 1.82) is 5.26 Å². The summed E-state index contributed by atoms with van der Waals surface area (Å²) in [6.07, 6.45) is 5.57. The van der Waals surface area contributed by atoms with E-state index in [0.717, 1.165) is 41.2 Å². The van der Waals surface area contributed by atoms with Crippen molar-refractivity contribution in [2.75, 3.05) is 7.11 Å². The van der Waals surface area contributed by atoms with Gasteiger partial charge in [0.05, 0.1) is 41.2 Å². The molecule has 32 heavy (non-hydrogen) atoms. The van der Waals surface area contributed by atoms with Gasteiger partial charge >= 0.3 is 0 Å². The SMILES string of the molecule is COc1ncccc1-c1nc(C2CC(C)(C)OC(C)(C)C2)cn1-c1ccc(C)c(C#N)c1. The van der Waals surface area contributed by atoms with E-state index >= 15 is 0 Å². The van der Waals surface area contributed by atoms with Crippen LogP contribution in [0.1, 0.15) is 63.3 Å². The van der Waals surface area contributed by atoms with Gasteiger partial charge in [-0.25, -0.2) is 9.97 Å². The standard InChI is InChI=1S/C26H30N4O2/c1-17-9-10-20(12-18(17)15-27)30-16-22(19-13-25(2,3)32-26(4,5)14-19)29-23(30)21-8-7-11-28-24(21)31-6/h7-12,16,19H,13-14H2,1-6H3. The third-order valence-electron chi connectivity index (χ3n) is 6.00. The van der Waals surface area contributed by atoms with Crippen LogP contribution in [0.25, 0.3) is 17.1 Å². The van der Waals surface area contributed by atoms with Crippen molar-refractivity contribution in [3.8, 4) is 29.0 Å². The molecule has 3 aromatic rings. The average molecular weight is 431 g/mol. The highest BCUT2D eigenvalue weighted by Gasteiger charge is 2.41. The van der Waals surface area contributed by atoms with Crippen molar-refractivity contribution in [2.24, 2.45) is 0 Å². The Bertz CT molecular complexity index is 1170. The molecule has 6 nitrogen and oxygen atoms in total. The van der Waals surface area contributed by atoms with Crippen LogP contribution in [0.3, 0.4) is 0 Å². The Morgan fingerprint density at radius 2 is 1.88 bits per heavy atom. The van der Waals surface area contributed by atoms with Gasteiger partial charge in [0.15, 0.2) is 0 Å². The number of hydrogen-bond acceptors (Lipinski definition) is 5. The first-order valence-corrected chi connectivity index (χ1v) is 10.9. The van der Waals surface area contributed by atoms with E-state index in [-0.39, 0.29) is 17.1 Å². The molecule has 4 rings (SSSR count). The zero-order valence-corrected chi connectivity index (χ0v) is 19.6. The number of nitriles is 1. The van der Waals surface area contributed by atoms with Crippen molar-refractivity contribution >= 4 is 0 Å². The highest BCUT2D eigenvalue weighted by atomic mass is 16.5. The number of ether oxygens (including phenoxy) is 2. The minimum Gasteiger partial charge on any atom is -0.480 e. The first-order chi connectivity index (χ1) is 15.1. The lowest BCUT2D eigenvalue weighted by Gasteiger charge is -2.45. The summed E-state index contributed by atoms with van der Waals surface area (Å²) in [6.45, 7) is 10.5. The van der Waals surface area contributed by atoms with Gasteiger partial charge in [-0.3, -0.25) is 4.57 Å². The van der Waals surface area contributed by atoms with Gasteiger partial charge in [0.25, 0.3) is 0 Å². The molecular formula is C26H30N4O2. The van der Waals surface area contributed by atoms with E-state index in [1.807, 2.05) is 41.8 Å². The Balaban J connectivity index is 1.89. The van der Waals surface area contributed by atoms with Crippen LogP contribution in [0.5, 0.6) is 5.88 Å². The molecule has 6 heteroatoms. The van der Waals surface area contributed by atoms with Crippen LogP contribution < -0.4 is 4.74 Å². The van der Waals surface area contributed by atoms with E-state index in [1.54, 1.807) is 13.3 Å².